The van der Waals surface area contributed by atoms with Crippen molar-refractivity contribution in [2.24, 2.45) is 0 Å². The maximum absolute atomic E-state index is 12.8. The lowest BCUT2D eigenvalue weighted by Gasteiger charge is -2.14. The first-order chi connectivity index (χ1) is 13.6. The fourth-order valence-electron chi connectivity index (χ4n) is 3.76. The van der Waals surface area contributed by atoms with Crippen LogP contribution in [-0.2, 0) is 10.7 Å². The molecule has 4 aromatic rings. The molecule has 5 nitrogen and oxygen atoms in total. The third-order valence-electron chi connectivity index (χ3n) is 5.34. The minimum absolute atomic E-state index is 0.478. The zero-order valence-corrected chi connectivity index (χ0v) is 16.4. The zero-order valence-electron chi connectivity index (χ0n) is 15.6. The van der Waals surface area contributed by atoms with E-state index in [9.17, 15) is 5.11 Å². The Morgan fingerprint density at radius 2 is 1.89 bits per heavy atom. The van der Waals surface area contributed by atoms with E-state index < -0.39 is 5.60 Å². The summed E-state index contributed by atoms with van der Waals surface area (Å²) >= 11 is 1.52. The van der Waals surface area contributed by atoms with Crippen molar-refractivity contribution in [2.75, 3.05) is 5.32 Å². The van der Waals surface area contributed by atoms with Crippen LogP contribution in [0.15, 0.2) is 53.1 Å². The molecule has 28 heavy (non-hydrogen) atoms. The topological polar surface area (TPSA) is 70.8 Å². The lowest BCUT2D eigenvalue weighted by molar-refractivity contribution is -0.0290. The molecule has 1 saturated carbocycles. The summed E-state index contributed by atoms with van der Waals surface area (Å²) in [5.41, 5.74) is 3.69. The summed E-state index contributed by atoms with van der Waals surface area (Å²) < 4.78 is 5.82. The van der Waals surface area contributed by atoms with Crippen LogP contribution in [0.25, 0.3) is 21.5 Å². The third kappa shape index (κ3) is 3.08. The van der Waals surface area contributed by atoms with Crippen molar-refractivity contribution in [2.45, 2.75) is 38.2 Å². The van der Waals surface area contributed by atoms with E-state index in [1.54, 1.807) is 0 Å². The van der Waals surface area contributed by atoms with Gasteiger partial charge in [-0.25, -0.2) is 10.1 Å². The van der Waals surface area contributed by atoms with Gasteiger partial charge in [0, 0.05) is 11.9 Å². The smallest absolute Gasteiger partial charge is 0.300 e. The molecule has 1 fully saturated rings. The molecule has 1 aliphatic carbocycles. The van der Waals surface area contributed by atoms with Crippen LogP contribution in [0, 0.1) is 6.92 Å². The molecule has 6 heteroatoms. The highest BCUT2D eigenvalue weighted by atomic mass is 32.1. The number of thiazole rings is 1. The Kier molecular flexibility index (Phi) is 4.18. The fourth-order valence-corrected chi connectivity index (χ4v) is 4.82. The maximum Gasteiger partial charge on any atom is 0.300 e. The van der Waals surface area contributed by atoms with Crippen LogP contribution in [-0.4, -0.2) is 9.97 Å². The van der Waals surface area contributed by atoms with Gasteiger partial charge in [0.25, 0.3) is 6.01 Å². The second-order valence-electron chi connectivity index (χ2n) is 7.38. The average molecular weight is 390 g/mol. The number of hydrogen-bond acceptors (Lipinski definition) is 5. The second kappa shape index (κ2) is 6.72. The van der Waals surface area contributed by atoms with E-state index in [2.05, 4.69) is 15.3 Å². The van der Waals surface area contributed by atoms with Gasteiger partial charge in [0.2, 0.25) is 0 Å². The predicted molar refractivity (Wildman–Crippen MR) is 110 cm³/mol. The fraction of sp³-hybridized carbons (Fsp3) is 0.273. The van der Waals surface area contributed by atoms with E-state index in [0.29, 0.717) is 18.9 Å². The number of aryl methyl sites for hydroxylation is 1. The van der Waals surface area contributed by atoms with E-state index in [-0.39, 0.29) is 0 Å². The molecule has 0 aliphatic heterocycles. The molecular formula is C22H20N3O2S. The Balaban J connectivity index is 1.35. The van der Waals surface area contributed by atoms with Gasteiger partial charge in [0.1, 0.15) is 10.5 Å². The summed E-state index contributed by atoms with van der Waals surface area (Å²) in [5, 5.41) is 16.8. The summed E-state index contributed by atoms with van der Waals surface area (Å²) in [6.45, 7) is 2.01. The molecule has 1 N–H and O–H groups in total. The number of oxazole rings is 1. The first-order valence-electron chi connectivity index (χ1n) is 9.51. The molecule has 1 aliphatic rings. The molecule has 0 saturated heterocycles. The highest BCUT2D eigenvalue weighted by molar-refractivity contribution is 7.15. The number of para-hydroxylation sites is 1. The van der Waals surface area contributed by atoms with Gasteiger partial charge in [-0.3, -0.25) is 0 Å². The number of rotatable bonds is 4. The molecular weight excluding hydrogens is 370 g/mol. The highest BCUT2D eigenvalue weighted by Gasteiger charge is 2.38. The average Bonchev–Trinajstić information content (AvgIpc) is 3.42. The van der Waals surface area contributed by atoms with Crippen molar-refractivity contribution in [1.82, 2.24) is 9.97 Å². The largest absolute Gasteiger partial charge is 0.423 e. The summed E-state index contributed by atoms with van der Waals surface area (Å²) in [6, 6.07) is 14.4. The van der Waals surface area contributed by atoms with Crippen molar-refractivity contribution in [3.05, 3.63) is 59.2 Å². The molecule has 2 aromatic carbocycles. The van der Waals surface area contributed by atoms with Gasteiger partial charge >= 0.3 is 0 Å². The summed E-state index contributed by atoms with van der Waals surface area (Å²) in [6.07, 6.45) is 5.24. The predicted octanol–water partition coefficient (Wildman–Crippen LogP) is 6.20. The molecule has 0 amide bonds. The first-order valence-corrected chi connectivity index (χ1v) is 10.3. The van der Waals surface area contributed by atoms with Crippen molar-refractivity contribution >= 4 is 34.1 Å². The highest BCUT2D eigenvalue weighted by Crippen LogP contribution is 2.42. The third-order valence-corrected chi connectivity index (χ3v) is 6.57. The van der Waals surface area contributed by atoms with Gasteiger partial charge in [-0.05, 0) is 61.9 Å². The van der Waals surface area contributed by atoms with Crippen LogP contribution in [0.1, 0.15) is 36.3 Å². The van der Waals surface area contributed by atoms with E-state index >= 15 is 0 Å². The Bertz CT molecular complexity index is 1120. The molecule has 0 unspecified atom stereocenters. The number of benzene rings is 2. The van der Waals surface area contributed by atoms with Gasteiger partial charge in [-0.1, -0.05) is 24.3 Å². The van der Waals surface area contributed by atoms with Crippen LogP contribution < -0.4 is 5.32 Å². The van der Waals surface area contributed by atoms with Gasteiger partial charge in [0.15, 0.2) is 11.2 Å². The summed E-state index contributed by atoms with van der Waals surface area (Å²) in [4.78, 5) is 9.95. The lowest BCUT2D eigenvalue weighted by atomic mass is 10.0. The standard InChI is InChI=1S/C22H20N3O2S/c1-14-5-4-6-17-19(14)27-21(25-17)24-16-9-7-15(8-10-16)18-13-23-20(28-18)22(26)11-2-3-12-22/h4-10,13H,2-3,11-12H2,1H3,(H,24,25). The van der Waals surface area contributed by atoms with Crippen LogP contribution >= 0.6 is 11.3 Å². The molecule has 2 heterocycles. The van der Waals surface area contributed by atoms with Crippen molar-refractivity contribution in [1.29, 1.82) is 0 Å². The van der Waals surface area contributed by atoms with Crippen LogP contribution in [0.5, 0.6) is 0 Å². The maximum atomic E-state index is 12.8. The SMILES string of the molecule is Cc1cccc2nc(Nc3ccc(-c4cnc(C5([O])CCCC5)s4)cc3)oc12. The number of nitrogens with one attached hydrogen (secondary N) is 1. The summed E-state index contributed by atoms with van der Waals surface area (Å²) in [5.74, 6) is 0. The van der Waals surface area contributed by atoms with E-state index in [1.165, 1.54) is 11.3 Å². The van der Waals surface area contributed by atoms with Crippen LogP contribution in [0.4, 0.5) is 11.7 Å². The molecule has 141 valence electrons. The Labute approximate surface area is 167 Å². The Hall–Kier alpha value is -2.70. The van der Waals surface area contributed by atoms with E-state index in [0.717, 1.165) is 50.6 Å². The normalized spacial score (nSPS) is 15.9. The minimum atomic E-state index is -0.977. The van der Waals surface area contributed by atoms with Crippen molar-refractivity contribution in [3.63, 3.8) is 0 Å². The number of nitrogens with zero attached hydrogens (tertiary/aromatic N) is 2. The number of hydrogen-bond donors (Lipinski definition) is 1. The van der Waals surface area contributed by atoms with Gasteiger partial charge in [-0.2, -0.15) is 4.98 Å². The molecule has 0 bridgehead atoms. The Morgan fingerprint density at radius 1 is 1.11 bits per heavy atom. The van der Waals surface area contributed by atoms with Crippen LogP contribution in [0.3, 0.4) is 0 Å². The van der Waals surface area contributed by atoms with E-state index in [1.807, 2.05) is 55.6 Å². The number of aromatic nitrogens is 2. The van der Waals surface area contributed by atoms with Crippen molar-refractivity contribution in [3.8, 4) is 10.4 Å². The van der Waals surface area contributed by atoms with Crippen molar-refractivity contribution < 1.29 is 9.52 Å². The number of anilines is 2. The molecule has 0 spiro atoms. The summed E-state index contributed by atoms with van der Waals surface area (Å²) in [7, 11) is 0. The molecule has 1 radical (unpaired) electrons. The zero-order chi connectivity index (χ0) is 19.1. The van der Waals surface area contributed by atoms with Gasteiger partial charge in [0.05, 0.1) is 4.88 Å². The monoisotopic (exact) mass is 390 g/mol. The first kappa shape index (κ1) is 17.4. The minimum Gasteiger partial charge on any atom is -0.423 e. The molecule has 0 atom stereocenters. The second-order valence-corrected chi connectivity index (χ2v) is 8.41. The van der Waals surface area contributed by atoms with E-state index in [4.69, 9.17) is 4.42 Å². The Morgan fingerprint density at radius 3 is 2.64 bits per heavy atom. The number of fused-ring (bicyclic) bond motifs is 1. The quantitative estimate of drug-likeness (QED) is 0.450. The van der Waals surface area contributed by atoms with Gasteiger partial charge in [-0.15, -0.1) is 11.3 Å². The molecule has 5 rings (SSSR count). The molecule has 2 aromatic heterocycles. The van der Waals surface area contributed by atoms with Crippen LogP contribution in [0.2, 0.25) is 0 Å². The van der Waals surface area contributed by atoms with Gasteiger partial charge < -0.3 is 9.73 Å². The lowest BCUT2D eigenvalue weighted by Crippen LogP contribution is -2.18.